The van der Waals surface area contributed by atoms with Gasteiger partial charge in [0.15, 0.2) is 5.76 Å². The molecule has 0 aliphatic carbocycles. The summed E-state index contributed by atoms with van der Waals surface area (Å²) in [6.07, 6.45) is 5.63. The van der Waals surface area contributed by atoms with Crippen molar-refractivity contribution in [3.63, 3.8) is 0 Å². The first-order valence-electron chi connectivity index (χ1n) is 5.42. The van der Waals surface area contributed by atoms with Crippen LogP contribution in [-0.4, -0.2) is 12.5 Å². The zero-order chi connectivity index (χ0) is 12.3. The second-order valence-electron chi connectivity index (χ2n) is 3.86. The van der Waals surface area contributed by atoms with Crippen molar-refractivity contribution in [3.8, 4) is 12.3 Å². The number of hydrogen-bond donors (Lipinski definition) is 1. The molecule has 2 rings (SSSR count). The second-order valence-corrected chi connectivity index (χ2v) is 3.86. The molecule has 1 aromatic carbocycles. The van der Waals surface area contributed by atoms with Crippen LogP contribution in [0.15, 0.2) is 28.7 Å². The Balaban J connectivity index is 2.19. The van der Waals surface area contributed by atoms with Crippen molar-refractivity contribution in [3.05, 3.63) is 35.6 Å². The molecule has 2 aromatic rings. The van der Waals surface area contributed by atoms with Gasteiger partial charge >= 0.3 is 0 Å². The summed E-state index contributed by atoms with van der Waals surface area (Å²) in [6, 6.07) is 7.54. The monoisotopic (exact) mass is 227 g/mol. The fourth-order valence-corrected chi connectivity index (χ4v) is 1.61. The maximum absolute atomic E-state index is 11.7. The molecule has 0 aliphatic heterocycles. The summed E-state index contributed by atoms with van der Waals surface area (Å²) in [5, 5.41) is 3.64. The predicted molar refractivity (Wildman–Crippen MR) is 66.7 cm³/mol. The van der Waals surface area contributed by atoms with E-state index in [-0.39, 0.29) is 5.91 Å². The van der Waals surface area contributed by atoms with Crippen molar-refractivity contribution in [2.24, 2.45) is 0 Å². The average Bonchev–Trinajstić information content (AvgIpc) is 2.72. The molecule has 0 bridgehead atoms. The van der Waals surface area contributed by atoms with Crippen molar-refractivity contribution in [2.45, 2.75) is 13.3 Å². The summed E-state index contributed by atoms with van der Waals surface area (Å²) in [7, 11) is 0. The molecule has 1 amide bonds. The summed E-state index contributed by atoms with van der Waals surface area (Å²) >= 11 is 0. The molecule has 0 fully saturated rings. The van der Waals surface area contributed by atoms with Gasteiger partial charge in [0.2, 0.25) is 0 Å². The number of nitrogens with one attached hydrogen (secondary N) is 1. The van der Waals surface area contributed by atoms with Gasteiger partial charge in [-0.2, -0.15) is 0 Å². The maximum atomic E-state index is 11.7. The van der Waals surface area contributed by atoms with Crippen LogP contribution in [0.2, 0.25) is 0 Å². The van der Waals surface area contributed by atoms with Crippen LogP contribution in [0.5, 0.6) is 0 Å². The Kier molecular flexibility index (Phi) is 3.15. The van der Waals surface area contributed by atoms with Gasteiger partial charge in [0.1, 0.15) is 5.58 Å². The molecule has 0 saturated heterocycles. The first kappa shape index (κ1) is 11.3. The van der Waals surface area contributed by atoms with Gasteiger partial charge in [-0.15, -0.1) is 12.3 Å². The Labute approximate surface area is 99.8 Å². The molecule has 0 unspecified atom stereocenters. The van der Waals surface area contributed by atoms with Crippen molar-refractivity contribution in [2.75, 3.05) is 6.54 Å². The van der Waals surface area contributed by atoms with Crippen LogP contribution in [0.4, 0.5) is 0 Å². The molecule has 1 heterocycles. The van der Waals surface area contributed by atoms with Crippen molar-refractivity contribution >= 4 is 16.9 Å². The van der Waals surface area contributed by atoms with Gasteiger partial charge in [-0.25, -0.2) is 0 Å². The number of rotatable bonds is 3. The number of furan rings is 1. The van der Waals surface area contributed by atoms with Crippen LogP contribution in [0.3, 0.4) is 0 Å². The molecule has 17 heavy (non-hydrogen) atoms. The lowest BCUT2D eigenvalue weighted by molar-refractivity contribution is 0.0929. The molecular formula is C14H13NO2. The van der Waals surface area contributed by atoms with E-state index in [1.54, 1.807) is 6.07 Å². The first-order valence-corrected chi connectivity index (χ1v) is 5.42. The van der Waals surface area contributed by atoms with Crippen LogP contribution in [0.1, 0.15) is 22.5 Å². The van der Waals surface area contributed by atoms with Crippen LogP contribution in [0, 0.1) is 19.3 Å². The number of hydrogen-bond acceptors (Lipinski definition) is 2. The summed E-state index contributed by atoms with van der Waals surface area (Å²) in [4.78, 5) is 11.7. The lowest BCUT2D eigenvalue weighted by Crippen LogP contribution is -2.23. The minimum absolute atomic E-state index is 0.228. The van der Waals surface area contributed by atoms with E-state index in [9.17, 15) is 4.79 Å². The number of fused-ring (bicyclic) bond motifs is 1. The number of carbonyl (C=O) groups excluding carboxylic acids is 1. The largest absolute Gasteiger partial charge is 0.451 e. The number of aryl methyl sites for hydroxylation is 1. The molecule has 0 atom stereocenters. The van der Waals surface area contributed by atoms with Gasteiger partial charge in [0.25, 0.3) is 5.91 Å². The van der Waals surface area contributed by atoms with Gasteiger partial charge in [-0.3, -0.25) is 4.79 Å². The third-order valence-electron chi connectivity index (χ3n) is 2.45. The number of terminal acetylenes is 1. The third kappa shape index (κ3) is 2.48. The number of amides is 1. The summed E-state index contributed by atoms with van der Waals surface area (Å²) in [5.74, 6) is 2.56. The summed E-state index contributed by atoms with van der Waals surface area (Å²) < 4.78 is 5.45. The highest BCUT2D eigenvalue weighted by molar-refractivity contribution is 5.96. The lowest BCUT2D eigenvalue weighted by atomic mass is 10.2. The van der Waals surface area contributed by atoms with Gasteiger partial charge < -0.3 is 9.73 Å². The minimum Gasteiger partial charge on any atom is -0.451 e. The van der Waals surface area contributed by atoms with Gasteiger partial charge in [0.05, 0.1) is 0 Å². The van der Waals surface area contributed by atoms with E-state index >= 15 is 0 Å². The van der Waals surface area contributed by atoms with E-state index in [4.69, 9.17) is 10.8 Å². The molecule has 1 N–H and O–H groups in total. The van der Waals surface area contributed by atoms with E-state index in [1.807, 2.05) is 25.1 Å². The van der Waals surface area contributed by atoms with E-state index in [0.717, 1.165) is 16.5 Å². The Hall–Kier alpha value is -2.21. The number of benzene rings is 1. The molecule has 0 aliphatic rings. The van der Waals surface area contributed by atoms with Crippen molar-refractivity contribution < 1.29 is 9.21 Å². The molecule has 3 heteroatoms. The zero-order valence-electron chi connectivity index (χ0n) is 9.62. The van der Waals surface area contributed by atoms with Crippen LogP contribution in [0.25, 0.3) is 11.0 Å². The smallest absolute Gasteiger partial charge is 0.287 e. The Morgan fingerprint density at radius 1 is 1.47 bits per heavy atom. The Bertz CT molecular complexity index is 590. The minimum atomic E-state index is -0.228. The molecule has 0 saturated carbocycles. The quantitative estimate of drug-likeness (QED) is 0.646. The molecule has 86 valence electrons. The van der Waals surface area contributed by atoms with Crippen LogP contribution in [-0.2, 0) is 0 Å². The van der Waals surface area contributed by atoms with Gasteiger partial charge in [-0.1, -0.05) is 11.6 Å². The first-order chi connectivity index (χ1) is 8.20. The fourth-order valence-electron chi connectivity index (χ4n) is 1.61. The highest BCUT2D eigenvalue weighted by Gasteiger charge is 2.11. The normalized spacial score (nSPS) is 10.1. The van der Waals surface area contributed by atoms with Gasteiger partial charge in [0, 0.05) is 18.4 Å². The SMILES string of the molecule is C#CCCNC(=O)c1cc2cc(C)ccc2o1. The van der Waals surface area contributed by atoms with Crippen LogP contribution >= 0.6 is 0 Å². The van der Waals surface area contributed by atoms with Gasteiger partial charge in [-0.05, 0) is 25.1 Å². The van der Waals surface area contributed by atoms with Crippen LogP contribution < -0.4 is 5.32 Å². The lowest BCUT2D eigenvalue weighted by Gasteiger charge is -1.98. The molecule has 0 radical (unpaired) electrons. The highest BCUT2D eigenvalue weighted by atomic mass is 16.3. The van der Waals surface area contributed by atoms with E-state index < -0.39 is 0 Å². The topological polar surface area (TPSA) is 42.2 Å². The summed E-state index contributed by atoms with van der Waals surface area (Å²) in [5.41, 5.74) is 1.86. The standard InChI is InChI=1S/C14H13NO2/c1-3-4-7-15-14(16)13-9-11-8-10(2)5-6-12(11)17-13/h1,5-6,8-9H,4,7H2,2H3,(H,15,16). The predicted octanol–water partition coefficient (Wildman–Crippen LogP) is 2.49. The van der Waals surface area contributed by atoms with Crippen molar-refractivity contribution in [1.82, 2.24) is 5.32 Å². The average molecular weight is 227 g/mol. The zero-order valence-corrected chi connectivity index (χ0v) is 9.62. The second kappa shape index (κ2) is 4.75. The molecule has 3 nitrogen and oxygen atoms in total. The molecule has 1 aromatic heterocycles. The fraction of sp³-hybridized carbons (Fsp3) is 0.214. The third-order valence-corrected chi connectivity index (χ3v) is 2.45. The Morgan fingerprint density at radius 3 is 3.06 bits per heavy atom. The molecular weight excluding hydrogens is 214 g/mol. The maximum Gasteiger partial charge on any atom is 0.287 e. The number of carbonyl (C=O) groups is 1. The van der Waals surface area contributed by atoms with Crippen molar-refractivity contribution in [1.29, 1.82) is 0 Å². The highest BCUT2D eigenvalue weighted by Crippen LogP contribution is 2.20. The van der Waals surface area contributed by atoms with E-state index in [2.05, 4.69) is 11.2 Å². The molecule has 0 spiro atoms. The summed E-state index contributed by atoms with van der Waals surface area (Å²) in [6.45, 7) is 2.46. The Morgan fingerprint density at radius 2 is 2.29 bits per heavy atom. The van der Waals surface area contributed by atoms with E-state index in [1.165, 1.54) is 0 Å². The van der Waals surface area contributed by atoms with E-state index in [0.29, 0.717) is 18.7 Å².